The van der Waals surface area contributed by atoms with Crippen LogP contribution >= 0.6 is 0 Å². The lowest BCUT2D eigenvalue weighted by atomic mass is 10.1. The van der Waals surface area contributed by atoms with Crippen molar-refractivity contribution in [2.75, 3.05) is 13.2 Å². The van der Waals surface area contributed by atoms with Crippen LogP contribution in [0.5, 0.6) is 0 Å². The van der Waals surface area contributed by atoms with E-state index in [4.69, 9.17) is 4.74 Å². The predicted molar refractivity (Wildman–Crippen MR) is 99.4 cm³/mol. The number of benzene rings is 2. The molecule has 0 radical (unpaired) electrons. The predicted octanol–water partition coefficient (Wildman–Crippen LogP) is 2.00. The third kappa shape index (κ3) is 5.96. The van der Waals surface area contributed by atoms with E-state index in [0.29, 0.717) is 0 Å². The zero-order chi connectivity index (χ0) is 20.7. The van der Waals surface area contributed by atoms with E-state index in [1.807, 2.05) is 6.92 Å². The minimum Gasteiger partial charge on any atom is -0.457 e. The van der Waals surface area contributed by atoms with Gasteiger partial charge in [0.25, 0.3) is 5.69 Å². The highest BCUT2D eigenvalue weighted by atomic mass is 32.2. The maximum absolute atomic E-state index is 12.1. The van der Waals surface area contributed by atoms with Gasteiger partial charge < -0.3 is 4.74 Å². The van der Waals surface area contributed by atoms with Crippen molar-refractivity contribution in [3.05, 3.63) is 69.8 Å². The summed E-state index contributed by atoms with van der Waals surface area (Å²) in [6, 6.07) is 11.3. The van der Waals surface area contributed by atoms with Gasteiger partial charge in [0.15, 0.2) is 6.61 Å². The van der Waals surface area contributed by atoms with Crippen LogP contribution in [-0.2, 0) is 19.6 Å². The fraction of sp³-hybridized carbons (Fsp3) is 0.222. The fourth-order valence-electron chi connectivity index (χ4n) is 2.18. The van der Waals surface area contributed by atoms with Crippen LogP contribution in [0.1, 0.15) is 22.3 Å². The van der Waals surface area contributed by atoms with Crippen molar-refractivity contribution in [3.8, 4) is 0 Å². The van der Waals surface area contributed by atoms with Crippen molar-refractivity contribution in [2.24, 2.45) is 0 Å². The number of esters is 1. The van der Waals surface area contributed by atoms with Gasteiger partial charge in [-0.05, 0) is 19.1 Å². The van der Waals surface area contributed by atoms with E-state index >= 15 is 0 Å². The molecule has 0 fully saturated rings. The number of aryl methyl sites for hydroxylation is 1. The van der Waals surface area contributed by atoms with Gasteiger partial charge in [-0.15, -0.1) is 0 Å². The van der Waals surface area contributed by atoms with E-state index in [2.05, 4.69) is 4.72 Å². The summed E-state index contributed by atoms with van der Waals surface area (Å²) in [6.45, 7) is 1.04. The van der Waals surface area contributed by atoms with E-state index < -0.39 is 33.3 Å². The average Bonchev–Trinajstić information content (AvgIpc) is 2.66. The maximum atomic E-state index is 12.1. The summed E-state index contributed by atoms with van der Waals surface area (Å²) in [7, 11) is -3.75. The molecule has 0 bridgehead atoms. The van der Waals surface area contributed by atoms with E-state index in [9.17, 15) is 28.1 Å². The molecule has 9 nitrogen and oxygen atoms in total. The van der Waals surface area contributed by atoms with Crippen LogP contribution in [0.4, 0.5) is 5.69 Å². The first-order chi connectivity index (χ1) is 13.2. The summed E-state index contributed by atoms with van der Waals surface area (Å²) in [5.74, 6) is -1.37. The molecule has 0 aliphatic heterocycles. The molecule has 0 heterocycles. The quantitative estimate of drug-likeness (QED) is 0.291. The van der Waals surface area contributed by atoms with Crippen molar-refractivity contribution in [1.82, 2.24) is 4.72 Å². The second-order valence-corrected chi connectivity index (χ2v) is 7.62. The molecule has 2 aromatic rings. The van der Waals surface area contributed by atoms with Gasteiger partial charge in [0.1, 0.15) is 0 Å². The molecule has 2 aromatic carbocycles. The first-order valence-electron chi connectivity index (χ1n) is 8.18. The van der Waals surface area contributed by atoms with Gasteiger partial charge in [-0.2, -0.15) is 0 Å². The number of hydrogen-bond acceptors (Lipinski definition) is 7. The van der Waals surface area contributed by atoms with Gasteiger partial charge in [0.2, 0.25) is 15.8 Å². The van der Waals surface area contributed by atoms with Crippen LogP contribution in [0, 0.1) is 17.0 Å². The molecule has 2 rings (SSSR count). The second-order valence-electron chi connectivity index (χ2n) is 5.85. The monoisotopic (exact) mass is 406 g/mol. The highest BCUT2D eigenvalue weighted by Crippen LogP contribution is 2.14. The number of rotatable bonds is 9. The highest BCUT2D eigenvalue weighted by molar-refractivity contribution is 7.89. The third-order valence-electron chi connectivity index (χ3n) is 3.70. The van der Waals surface area contributed by atoms with Crippen LogP contribution in [0.25, 0.3) is 0 Å². The fourth-order valence-corrected chi connectivity index (χ4v) is 3.21. The number of hydrogen-bond donors (Lipinski definition) is 1. The number of non-ortho nitro benzene ring substituents is 1. The molecule has 10 heteroatoms. The minimum atomic E-state index is -3.75. The molecule has 0 spiro atoms. The molecule has 28 heavy (non-hydrogen) atoms. The number of nitrogens with one attached hydrogen (secondary N) is 1. The number of carbonyl (C=O) groups is 2. The SMILES string of the molecule is Cc1ccc(S(=O)(=O)NCCC(=O)OCC(=O)c2cccc([N+](=O)[O-])c2)cc1. The van der Waals surface area contributed by atoms with Crippen molar-refractivity contribution in [2.45, 2.75) is 18.2 Å². The molecule has 0 saturated carbocycles. The molecular weight excluding hydrogens is 388 g/mol. The smallest absolute Gasteiger partial charge is 0.307 e. The Kier molecular flexibility index (Phi) is 6.96. The summed E-state index contributed by atoms with van der Waals surface area (Å²) in [4.78, 5) is 33.8. The normalized spacial score (nSPS) is 11.0. The van der Waals surface area contributed by atoms with E-state index in [1.54, 1.807) is 12.1 Å². The van der Waals surface area contributed by atoms with Gasteiger partial charge >= 0.3 is 5.97 Å². The Morgan fingerprint density at radius 2 is 1.82 bits per heavy atom. The summed E-state index contributed by atoms with van der Waals surface area (Å²) in [5, 5.41) is 10.7. The largest absolute Gasteiger partial charge is 0.457 e. The maximum Gasteiger partial charge on any atom is 0.307 e. The van der Waals surface area contributed by atoms with Gasteiger partial charge in [0, 0.05) is 24.2 Å². The third-order valence-corrected chi connectivity index (χ3v) is 5.17. The average molecular weight is 406 g/mol. The highest BCUT2D eigenvalue weighted by Gasteiger charge is 2.16. The Morgan fingerprint density at radius 1 is 1.14 bits per heavy atom. The Balaban J connectivity index is 1.81. The molecule has 0 amide bonds. The lowest BCUT2D eigenvalue weighted by Crippen LogP contribution is -2.27. The van der Waals surface area contributed by atoms with Crippen LogP contribution in [0.15, 0.2) is 53.4 Å². The molecule has 0 unspecified atom stereocenters. The van der Waals surface area contributed by atoms with Crippen LogP contribution in [0.2, 0.25) is 0 Å². The van der Waals surface area contributed by atoms with Crippen molar-refractivity contribution in [3.63, 3.8) is 0 Å². The number of sulfonamides is 1. The Bertz CT molecular complexity index is 985. The molecular formula is C18H18N2O7S. The van der Waals surface area contributed by atoms with Gasteiger partial charge in [0.05, 0.1) is 16.2 Å². The lowest BCUT2D eigenvalue weighted by Gasteiger charge is -2.07. The molecule has 0 saturated heterocycles. The number of carbonyl (C=O) groups excluding carboxylic acids is 2. The Hall–Kier alpha value is -3.11. The lowest BCUT2D eigenvalue weighted by molar-refractivity contribution is -0.384. The molecule has 0 aliphatic rings. The van der Waals surface area contributed by atoms with Crippen LogP contribution < -0.4 is 4.72 Å². The van der Waals surface area contributed by atoms with Crippen LogP contribution in [0.3, 0.4) is 0 Å². The number of nitrogens with zero attached hydrogens (tertiary/aromatic N) is 1. The van der Waals surface area contributed by atoms with Gasteiger partial charge in [-0.25, -0.2) is 13.1 Å². The zero-order valence-corrected chi connectivity index (χ0v) is 15.8. The number of ether oxygens (including phenoxy) is 1. The molecule has 0 aromatic heterocycles. The first-order valence-corrected chi connectivity index (χ1v) is 9.67. The summed E-state index contributed by atoms with van der Waals surface area (Å²) in [6.07, 6.45) is -0.271. The Morgan fingerprint density at radius 3 is 2.46 bits per heavy atom. The van der Waals surface area contributed by atoms with Gasteiger partial charge in [-0.1, -0.05) is 29.8 Å². The van der Waals surface area contributed by atoms with Crippen molar-refractivity contribution >= 4 is 27.5 Å². The summed E-state index contributed by atoms with van der Waals surface area (Å²) >= 11 is 0. The number of nitro benzene ring substituents is 1. The molecule has 148 valence electrons. The summed E-state index contributed by atoms with van der Waals surface area (Å²) < 4.78 is 31.3. The van der Waals surface area contributed by atoms with Crippen molar-refractivity contribution < 1.29 is 27.7 Å². The number of nitro groups is 1. The minimum absolute atomic E-state index is 0.0436. The first kappa shape index (κ1) is 21.2. The number of ketones is 1. The van der Waals surface area contributed by atoms with E-state index in [0.717, 1.165) is 11.6 Å². The van der Waals surface area contributed by atoms with Gasteiger partial charge in [-0.3, -0.25) is 19.7 Å². The Labute approximate surface area is 161 Å². The topological polar surface area (TPSA) is 133 Å². The standard InChI is InChI=1S/C18H18N2O7S/c1-13-5-7-16(8-6-13)28(25,26)19-10-9-18(22)27-12-17(21)14-3-2-4-15(11-14)20(23)24/h2-8,11,19H,9-10,12H2,1H3. The molecule has 0 aliphatic carbocycles. The molecule has 0 atom stereocenters. The second kappa shape index (κ2) is 9.20. The molecule has 1 N–H and O–H groups in total. The zero-order valence-electron chi connectivity index (χ0n) is 15.0. The van der Waals surface area contributed by atoms with Crippen molar-refractivity contribution in [1.29, 1.82) is 0 Å². The van der Waals surface area contributed by atoms with E-state index in [1.165, 1.54) is 30.3 Å². The van der Waals surface area contributed by atoms with Crippen LogP contribution in [-0.4, -0.2) is 38.2 Å². The number of Topliss-reactive ketones (excluding diaryl/α,β-unsaturated/α-hetero) is 1. The van der Waals surface area contributed by atoms with E-state index in [-0.39, 0.29) is 29.1 Å². The summed E-state index contributed by atoms with van der Waals surface area (Å²) in [5.41, 5.74) is 0.709.